The average molecular weight is 357 g/mol. The summed E-state index contributed by atoms with van der Waals surface area (Å²) in [6, 6.07) is 0. The van der Waals surface area contributed by atoms with Crippen LogP contribution in [0.15, 0.2) is 4.99 Å². The highest BCUT2D eigenvalue weighted by Crippen LogP contribution is 1.89. The van der Waals surface area contributed by atoms with E-state index in [1.54, 1.807) is 0 Å². The molecule has 0 atom stereocenters. The molecule has 2 N–H and O–H groups in total. The summed E-state index contributed by atoms with van der Waals surface area (Å²) >= 11 is 0. The smallest absolute Gasteiger partial charge is 0.191 e. The molecule has 0 aliphatic heterocycles. The van der Waals surface area contributed by atoms with E-state index >= 15 is 0 Å². The highest BCUT2D eigenvalue weighted by atomic mass is 127. The predicted octanol–water partition coefficient (Wildman–Crippen LogP) is 2.38. The molecule has 4 nitrogen and oxygen atoms in total. The van der Waals surface area contributed by atoms with Crippen LogP contribution in [0.4, 0.5) is 0 Å². The van der Waals surface area contributed by atoms with Gasteiger partial charge < -0.3 is 15.4 Å². The lowest BCUT2D eigenvalue weighted by Crippen LogP contribution is -2.38. The lowest BCUT2D eigenvalue weighted by atomic mass is 10.4. The Hall–Kier alpha value is -0.0400. The van der Waals surface area contributed by atoms with E-state index in [9.17, 15) is 0 Å². The van der Waals surface area contributed by atoms with E-state index < -0.39 is 0 Å². The van der Waals surface area contributed by atoms with Crippen molar-refractivity contribution in [2.75, 3.05) is 26.2 Å². The molecule has 0 amide bonds. The monoisotopic (exact) mass is 357 g/mol. The van der Waals surface area contributed by atoms with Gasteiger partial charge in [0.05, 0.1) is 6.10 Å². The van der Waals surface area contributed by atoms with Gasteiger partial charge >= 0.3 is 0 Å². The van der Waals surface area contributed by atoms with Gasteiger partial charge in [0.2, 0.25) is 0 Å². The number of nitrogens with one attached hydrogen (secondary N) is 2. The van der Waals surface area contributed by atoms with E-state index in [1.807, 2.05) is 0 Å². The number of guanidine groups is 1. The third-order valence-electron chi connectivity index (χ3n) is 1.90. The van der Waals surface area contributed by atoms with Gasteiger partial charge in [-0.15, -0.1) is 24.0 Å². The second-order valence-corrected chi connectivity index (χ2v) is 3.96. The fraction of sp³-hybridized carbons (Fsp3) is 0.917. The summed E-state index contributed by atoms with van der Waals surface area (Å²) in [6.45, 7) is 11.8. The van der Waals surface area contributed by atoms with E-state index in [0.29, 0.717) is 6.10 Å². The maximum atomic E-state index is 5.46. The Labute approximate surface area is 123 Å². The topological polar surface area (TPSA) is 45.7 Å². The van der Waals surface area contributed by atoms with Gasteiger partial charge in [0, 0.05) is 26.2 Å². The van der Waals surface area contributed by atoms with Crippen molar-refractivity contribution in [3.8, 4) is 0 Å². The van der Waals surface area contributed by atoms with Crippen LogP contribution in [0.2, 0.25) is 0 Å². The van der Waals surface area contributed by atoms with Gasteiger partial charge in [-0.25, -0.2) is 0 Å². The average Bonchev–Trinajstić information content (AvgIpc) is 2.24. The molecular weight excluding hydrogens is 329 g/mol. The molecule has 0 heterocycles. The maximum absolute atomic E-state index is 5.46. The number of rotatable bonds is 8. The van der Waals surface area contributed by atoms with Crippen LogP contribution in [-0.2, 0) is 4.74 Å². The first-order valence-corrected chi connectivity index (χ1v) is 6.34. The molecule has 0 aromatic heterocycles. The Balaban J connectivity index is 0. The maximum Gasteiger partial charge on any atom is 0.191 e. The Morgan fingerprint density at radius 1 is 1.24 bits per heavy atom. The van der Waals surface area contributed by atoms with Gasteiger partial charge in [-0.2, -0.15) is 0 Å². The van der Waals surface area contributed by atoms with Gasteiger partial charge in [-0.3, -0.25) is 4.99 Å². The predicted molar refractivity (Wildman–Crippen MR) is 85.4 cm³/mol. The third kappa shape index (κ3) is 13.9. The van der Waals surface area contributed by atoms with Gasteiger partial charge in [0.25, 0.3) is 0 Å². The molecule has 0 aromatic rings. The number of ether oxygens (including phenoxy) is 1. The second kappa shape index (κ2) is 14.0. The summed E-state index contributed by atoms with van der Waals surface area (Å²) in [7, 11) is 0. The first kappa shape index (κ1) is 19.3. The molecule has 0 bridgehead atoms. The highest BCUT2D eigenvalue weighted by Gasteiger charge is 1.96. The number of halogens is 1. The molecule has 0 rings (SSSR count). The fourth-order valence-corrected chi connectivity index (χ4v) is 1.16. The zero-order chi connectivity index (χ0) is 12.2. The SMILES string of the molecule is CCCN=C(NCC)NCCCOC(C)C.I. The Kier molecular flexibility index (Phi) is 15.9. The van der Waals surface area contributed by atoms with Crippen LogP contribution < -0.4 is 10.6 Å². The van der Waals surface area contributed by atoms with Crippen molar-refractivity contribution in [2.45, 2.75) is 46.6 Å². The first-order valence-electron chi connectivity index (χ1n) is 6.34. The summed E-state index contributed by atoms with van der Waals surface area (Å²) in [4.78, 5) is 4.42. The number of nitrogens with zero attached hydrogens (tertiary/aromatic N) is 1. The molecule has 0 saturated heterocycles. The van der Waals surface area contributed by atoms with Crippen LogP contribution in [0.1, 0.15) is 40.5 Å². The van der Waals surface area contributed by atoms with E-state index in [-0.39, 0.29) is 24.0 Å². The Morgan fingerprint density at radius 2 is 1.94 bits per heavy atom. The molecular formula is C12H28IN3O. The van der Waals surface area contributed by atoms with Gasteiger partial charge in [0.1, 0.15) is 0 Å². The first-order chi connectivity index (χ1) is 7.70. The van der Waals surface area contributed by atoms with Crippen molar-refractivity contribution in [3.05, 3.63) is 0 Å². The zero-order valence-corrected chi connectivity index (χ0v) is 13.9. The van der Waals surface area contributed by atoms with Crippen molar-refractivity contribution in [1.29, 1.82) is 0 Å². The summed E-state index contributed by atoms with van der Waals surface area (Å²) in [6.07, 6.45) is 2.41. The summed E-state index contributed by atoms with van der Waals surface area (Å²) < 4.78 is 5.46. The molecule has 0 saturated carbocycles. The van der Waals surface area contributed by atoms with E-state index in [2.05, 4.69) is 43.3 Å². The molecule has 0 fully saturated rings. The summed E-state index contributed by atoms with van der Waals surface area (Å²) in [5.41, 5.74) is 0. The van der Waals surface area contributed by atoms with Crippen LogP contribution in [0.3, 0.4) is 0 Å². The van der Waals surface area contributed by atoms with Crippen molar-refractivity contribution in [2.24, 2.45) is 4.99 Å². The van der Waals surface area contributed by atoms with Crippen LogP contribution >= 0.6 is 24.0 Å². The molecule has 17 heavy (non-hydrogen) atoms. The number of aliphatic imine (C=N–C) groups is 1. The normalized spacial score (nSPS) is 11.2. The lowest BCUT2D eigenvalue weighted by molar-refractivity contribution is 0.0776. The van der Waals surface area contributed by atoms with Crippen LogP contribution in [0.5, 0.6) is 0 Å². The van der Waals surface area contributed by atoms with E-state index in [4.69, 9.17) is 4.74 Å². The fourth-order valence-electron chi connectivity index (χ4n) is 1.16. The minimum atomic E-state index is 0. The third-order valence-corrected chi connectivity index (χ3v) is 1.90. The number of hydrogen-bond donors (Lipinski definition) is 2. The van der Waals surface area contributed by atoms with Crippen molar-refractivity contribution < 1.29 is 4.74 Å². The summed E-state index contributed by atoms with van der Waals surface area (Å²) in [5, 5.41) is 6.50. The van der Waals surface area contributed by atoms with E-state index in [0.717, 1.165) is 45.0 Å². The van der Waals surface area contributed by atoms with Crippen LogP contribution in [-0.4, -0.2) is 38.3 Å². The zero-order valence-electron chi connectivity index (χ0n) is 11.6. The molecule has 0 aliphatic rings. The van der Waals surface area contributed by atoms with Crippen molar-refractivity contribution in [1.82, 2.24) is 10.6 Å². The van der Waals surface area contributed by atoms with Gasteiger partial charge in [0.15, 0.2) is 5.96 Å². The quantitative estimate of drug-likeness (QED) is 0.304. The minimum absolute atomic E-state index is 0. The molecule has 0 radical (unpaired) electrons. The summed E-state index contributed by atoms with van der Waals surface area (Å²) in [5.74, 6) is 0.911. The van der Waals surface area contributed by atoms with Crippen LogP contribution in [0.25, 0.3) is 0 Å². The van der Waals surface area contributed by atoms with Gasteiger partial charge in [-0.1, -0.05) is 6.92 Å². The lowest BCUT2D eigenvalue weighted by Gasteiger charge is -2.11. The minimum Gasteiger partial charge on any atom is -0.379 e. The molecule has 0 unspecified atom stereocenters. The molecule has 0 aliphatic carbocycles. The Morgan fingerprint density at radius 3 is 2.47 bits per heavy atom. The Bertz CT molecular complexity index is 187. The molecule has 104 valence electrons. The molecule has 5 heteroatoms. The highest BCUT2D eigenvalue weighted by molar-refractivity contribution is 14.0. The standard InChI is InChI=1S/C12H27N3O.HI/c1-5-8-14-12(13-6-2)15-9-7-10-16-11(3)4;/h11H,5-10H2,1-4H3,(H2,13,14,15);1H. The second-order valence-electron chi connectivity index (χ2n) is 3.96. The van der Waals surface area contributed by atoms with Gasteiger partial charge in [-0.05, 0) is 33.6 Å². The van der Waals surface area contributed by atoms with E-state index in [1.165, 1.54) is 0 Å². The van der Waals surface area contributed by atoms with Crippen molar-refractivity contribution in [3.63, 3.8) is 0 Å². The largest absolute Gasteiger partial charge is 0.379 e. The van der Waals surface area contributed by atoms with Crippen LogP contribution in [0, 0.1) is 0 Å². The molecule has 0 aromatic carbocycles. The molecule has 0 spiro atoms. The van der Waals surface area contributed by atoms with Crippen molar-refractivity contribution >= 4 is 29.9 Å². The number of hydrogen-bond acceptors (Lipinski definition) is 2.